The summed E-state index contributed by atoms with van der Waals surface area (Å²) in [7, 11) is 0. The Morgan fingerprint density at radius 1 is 0.780 bits per heavy atom. The van der Waals surface area contributed by atoms with E-state index in [9.17, 15) is 54.9 Å². The molecule has 0 aromatic carbocycles. The molecule has 0 bridgehead atoms. The lowest BCUT2D eigenvalue weighted by Gasteiger charge is -2.44. The number of rotatable bonds is 21. The number of ether oxygens (including phenoxy) is 4. The van der Waals surface area contributed by atoms with Crippen molar-refractivity contribution in [2.24, 2.45) is 17.8 Å². The lowest BCUT2D eigenvalue weighted by Crippen LogP contribution is -2.63. The number of carbonyl (C=O) groups excluding carboxylic acids is 4. The second kappa shape index (κ2) is 20.2. The number of allylic oxidation sites excluding steroid dienone is 1. The summed E-state index contributed by atoms with van der Waals surface area (Å²) in [6.07, 6.45) is -7.81. The predicted octanol–water partition coefficient (Wildman–Crippen LogP) is 0.248. The van der Waals surface area contributed by atoms with Crippen molar-refractivity contribution in [1.29, 1.82) is 0 Å². The molecule has 2 unspecified atom stereocenters. The Hall–Kier alpha value is -2.18. The van der Waals surface area contributed by atoms with Gasteiger partial charge in [-0.3, -0.25) is 14.4 Å². The van der Waals surface area contributed by atoms with Crippen LogP contribution in [0.15, 0.2) is 11.1 Å². The molecule has 0 saturated carbocycles. The van der Waals surface area contributed by atoms with E-state index in [2.05, 4.69) is 6.92 Å². The van der Waals surface area contributed by atoms with Crippen LogP contribution in [0.25, 0.3) is 0 Å². The van der Waals surface area contributed by atoms with Crippen LogP contribution in [-0.4, -0.2) is 134 Å². The summed E-state index contributed by atoms with van der Waals surface area (Å²) in [6, 6.07) is 0. The molecule has 0 aliphatic carbocycles. The van der Waals surface area contributed by atoms with Crippen molar-refractivity contribution in [1.82, 2.24) is 0 Å². The van der Waals surface area contributed by atoms with E-state index >= 15 is 0 Å². The smallest absolute Gasteiger partial charge is 0.334 e. The van der Waals surface area contributed by atoms with Crippen LogP contribution in [0.1, 0.15) is 92.9 Å². The van der Waals surface area contributed by atoms with Crippen molar-refractivity contribution in [2.75, 3.05) is 19.8 Å². The number of aliphatic hydroxyl groups is 7. The highest BCUT2D eigenvalue weighted by atomic mass is 16.8. The van der Waals surface area contributed by atoms with E-state index in [1.54, 1.807) is 27.7 Å². The number of unbranched alkanes of at least 4 members (excludes halogenated alkanes) is 6. The van der Waals surface area contributed by atoms with Gasteiger partial charge in [-0.15, -0.1) is 0 Å². The molecule has 2 fully saturated rings. The molecule has 2 heterocycles. The average Bonchev–Trinajstić information content (AvgIpc) is 3.33. The maximum atomic E-state index is 13.7. The summed E-state index contributed by atoms with van der Waals surface area (Å²) in [6.45, 7) is 6.86. The lowest BCUT2D eigenvalue weighted by atomic mass is 9.78. The molecule has 7 N–H and O–H groups in total. The van der Waals surface area contributed by atoms with Crippen molar-refractivity contribution in [3.63, 3.8) is 0 Å². The third kappa shape index (κ3) is 10.5. The second-order valence-electron chi connectivity index (χ2n) is 13.8. The minimum Gasteiger partial charge on any atom is -0.453 e. The molecule has 50 heavy (non-hydrogen) atoms. The zero-order valence-corrected chi connectivity index (χ0v) is 30.0. The largest absolute Gasteiger partial charge is 0.453 e. The van der Waals surface area contributed by atoms with E-state index in [0.29, 0.717) is 6.42 Å². The fraction of sp³-hybridized carbons (Fsp3) is 0.829. The molecule has 15 heteroatoms. The summed E-state index contributed by atoms with van der Waals surface area (Å²) in [5.41, 5.74) is -0.683. The Morgan fingerprint density at radius 2 is 1.36 bits per heavy atom. The molecule has 2 rings (SSSR count). The van der Waals surface area contributed by atoms with Crippen LogP contribution in [0.5, 0.6) is 0 Å². The number of Topliss-reactive ketones (excluding diaryl/α,β-unsaturated/α-hetero) is 3. The normalized spacial score (nSPS) is 31.1. The van der Waals surface area contributed by atoms with Crippen LogP contribution in [0.3, 0.4) is 0 Å². The number of hydrogen-bond acceptors (Lipinski definition) is 15. The fourth-order valence-corrected chi connectivity index (χ4v) is 6.13. The molecule has 288 valence electrons. The first-order valence-electron chi connectivity index (χ1n) is 17.6. The van der Waals surface area contributed by atoms with E-state index in [1.165, 1.54) is 6.92 Å². The van der Waals surface area contributed by atoms with Crippen LogP contribution in [0, 0.1) is 17.8 Å². The molecule has 2 saturated heterocycles. The van der Waals surface area contributed by atoms with Gasteiger partial charge in [0.15, 0.2) is 18.2 Å². The van der Waals surface area contributed by atoms with E-state index in [0.717, 1.165) is 38.5 Å². The lowest BCUT2D eigenvalue weighted by molar-refractivity contribution is -0.383. The Morgan fingerprint density at radius 3 is 1.86 bits per heavy atom. The molecular weight excluding hydrogens is 660 g/mol. The van der Waals surface area contributed by atoms with Gasteiger partial charge in [0.2, 0.25) is 5.79 Å². The van der Waals surface area contributed by atoms with E-state index < -0.39 is 116 Å². The number of carbonyl (C=O) groups is 4. The van der Waals surface area contributed by atoms with E-state index in [1.807, 2.05) is 0 Å². The zero-order chi connectivity index (χ0) is 37.9. The third-order valence-electron chi connectivity index (χ3n) is 9.28. The molecule has 0 radical (unpaired) electrons. The number of aliphatic hydroxyl groups excluding tert-OH is 7. The van der Waals surface area contributed by atoms with Gasteiger partial charge in [-0.05, 0) is 13.3 Å². The van der Waals surface area contributed by atoms with E-state index in [4.69, 9.17) is 18.9 Å². The third-order valence-corrected chi connectivity index (χ3v) is 9.28. The quantitative estimate of drug-likeness (QED) is 0.0364. The van der Waals surface area contributed by atoms with Gasteiger partial charge in [0, 0.05) is 29.4 Å². The molecule has 15 nitrogen and oxygen atoms in total. The minimum absolute atomic E-state index is 0.0211. The van der Waals surface area contributed by atoms with E-state index in [-0.39, 0.29) is 17.6 Å². The maximum absolute atomic E-state index is 13.7. The summed E-state index contributed by atoms with van der Waals surface area (Å²) in [5, 5.41) is 72.0. The van der Waals surface area contributed by atoms with Crippen LogP contribution >= 0.6 is 0 Å². The van der Waals surface area contributed by atoms with Gasteiger partial charge in [0.25, 0.3) is 0 Å². The molecule has 10 atom stereocenters. The van der Waals surface area contributed by atoms with Crippen LogP contribution in [0.4, 0.5) is 0 Å². The first-order chi connectivity index (χ1) is 23.5. The van der Waals surface area contributed by atoms with Crippen LogP contribution < -0.4 is 0 Å². The Balaban J connectivity index is 2.37. The topological polar surface area (TPSA) is 247 Å². The zero-order valence-electron chi connectivity index (χ0n) is 30.0. The van der Waals surface area contributed by atoms with Crippen molar-refractivity contribution in [3.05, 3.63) is 11.1 Å². The molecule has 2 aliphatic rings. The van der Waals surface area contributed by atoms with Crippen molar-refractivity contribution >= 4 is 23.3 Å². The van der Waals surface area contributed by atoms with Crippen LogP contribution in [0.2, 0.25) is 0 Å². The Labute approximate surface area is 293 Å². The molecule has 0 aromatic heterocycles. The standard InChI is InChI=1S/C35H58O15/c1-7-8-9-10-11-12-13-14-21(39)25(27(41)19(4)5)24(26(40)18(2)3)20(6)33(46)48-31-23(16-37)47-34(30(44)29(31)43)50-35(17-38)32(45)28(42)22(15-36)49-35/h18-19,22-23,25,28-32,34,36-38,42-45H,7-17H2,1-6H3/b24-20+/t22-,23-,25?,28-,29-,30-,31-,32+,34-,35?/m1/s1. The highest BCUT2D eigenvalue weighted by molar-refractivity contribution is 6.17. The van der Waals surface area contributed by atoms with Gasteiger partial charge in [-0.2, -0.15) is 0 Å². The van der Waals surface area contributed by atoms with Gasteiger partial charge < -0.3 is 54.7 Å². The maximum Gasteiger partial charge on any atom is 0.334 e. The monoisotopic (exact) mass is 718 g/mol. The summed E-state index contributed by atoms with van der Waals surface area (Å²) < 4.78 is 21.8. The van der Waals surface area contributed by atoms with Gasteiger partial charge >= 0.3 is 5.97 Å². The molecule has 2 aliphatic heterocycles. The first kappa shape index (κ1) is 44.0. The van der Waals surface area contributed by atoms with Gasteiger partial charge in [0.05, 0.1) is 13.2 Å². The highest BCUT2D eigenvalue weighted by Crippen LogP contribution is 2.37. The van der Waals surface area contributed by atoms with Crippen molar-refractivity contribution in [2.45, 2.75) is 148 Å². The summed E-state index contributed by atoms with van der Waals surface area (Å²) in [4.78, 5) is 54.4. The van der Waals surface area contributed by atoms with Crippen molar-refractivity contribution in [3.8, 4) is 0 Å². The van der Waals surface area contributed by atoms with Crippen molar-refractivity contribution < 1.29 is 73.9 Å². The van der Waals surface area contributed by atoms with Gasteiger partial charge in [0.1, 0.15) is 60.7 Å². The van der Waals surface area contributed by atoms with Gasteiger partial charge in [-0.25, -0.2) is 4.79 Å². The Bertz CT molecular complexity index is 1170. The number of hydrogen-bond donors (Lipinski definition) is 7. The Kier molecular flexibility index (Phi) is 17.7. The molecule has 0 amide bonds. The first-order valence-corrected chi connectivity index (χ1v) is 17.6. The highest BCUT2D eigenvalue weighted by Gasteiger charge is 2.59. The minimum atomic E-state index is -2.41. The molecule has 0 spiro atoms. The molecular formula is C35H58O15. The van der Waals surface area contributed by atoms with Crippen LogP contribution in [-0.2, 0) is 38.1 Å². The SMILES string of the molecule is CCCCCCCCCC(=O)C(C(=O)C(C)C)/C(C(=O)C(C)C)=C(/C)C(=O)O[C@H]1[C@H](O)[C@@H](O)[C@@H](OC2(CO)O[C@H](CO)[C@@H](O)[C@@H]2O)O[C@@H]1CO. The average molecular weight is 719 g/mol. The molecule has 0 aromatic rings. The number of ketones is 3. The van der Waals surface area contributed by atoms with Gasteiger partial charge in [-0.1, -0.05) is 73.1 Å². The fourth-order valence-electron chi connectivity index (χ4n) is 6.13. The second-order valence-corrected chi connectivity index (χ2v) is 13.8. The summed E-state index contributed by atoms with van der Waals surface area (Å²) >= 11 is 0. The number of esters is 1. The summed E-state index contributed by atoms with van der Waals surface area (Å²) in [5.74, 6) is -8.19. The predicted molar refractivity (Wildman–Crippen MR) is 176 cm³/mol.